The number of aromatic nitrogens is 2. The van der Waals surface area contributed by atoms with E-state index < -0.39 is 20.9 Å². The lowest BCUT2D eigenvalue weighted by Gasteiger charge is -2.29. The van der Waals surface area contributed by atoms with Crippen LogP contribution < -0.4 is 10.9 Å². The van der Waals surface area contributed by atoms with Gasteiger partial charge in [0.25, 0.3) is 5.56 Å². The lowest BCUT2D eigenvalue weighted by Crippen LogP contribution is -2.47. The Bertz CT molecular complexity index is 517. The molecule has 1 aromatic rings. The topological polar surface area (TPSA) is 64.0 Å². The SMILES string of the molecule is CC(C)(C)C(=O)N[C@H](n1cnccc1=O)C(Cl)(Cl)Cl. The van der Waals surface area contributed by atoms with E-state index in [-0.39, 0.29) is 5.91 Å². The summed E-state index contributed by atoms with van der Waals surface area (Å²) in [4.78, 5) is 27.5. The Balaban J connectivity index is 3.16. The van der Waals surface area contributed by atoms with Crippen LogP contribution in [0.3, 0.4) is 0 Å². The molecule has 8 heteroatoms. The Labute approximate surface area is 125 Å². The average molecular weight is 327 g/mol. The van der Waals surface area contributed by atoms with Crippen molar-refractivity contribution in [1.29, 1.82) is 0 Å². The smallest absolute Gasteiger partial charge is 0.255 e. The molecule has 0 aliphatic rings. The highest BCUT2D eigenvalue weighted by molar-refractivity contribution is 6.67. The zero-order valence-electron chi connectivity index (χ0n) is 10.7. The first-order valence-corrected chi connectivity index (χ1v) is 6.56. The number of amides is 1. The molecule has 106 valence electrons. The maximum absolute atomic E-state index is 12.0. The van der Waals surface area contributed by atoms with Crippen LogP contribution in [0, 0.1) is 5.41 Å². The van der Waals surface area contributed by atoms with E-state index in [2.05, 4.69) is 10.3 Å². The number of nitrogens with zero attached hydrogens (tertiary/aromatic N) is 2. The number of hydrogen-bond donors (Lipinski definition) is 1. The molecule has 1 N–H and O–H groups in total. The van der Waals surface area contributed by atoms with Gasteiger partial charge in [0.05, 0.1) is 6.33 Å². The van der Waals surface area contributed by atoms with E-state index in [1.807, 2.05) is 0 Å². The van der Waals surface area contributed by atoms with Crippen molar-refractivity contribution in [2.45, 2.75) is 30.7 Å². The van der Waals surface area contributed by atoms with Crippen LogP contribution in [0.5, 0.6) is 0 Å². The predicted octanol–water partition coefficient (Wildman–Crippen LogP) is 2.27. The molecule has 0 aliphatic carbocycles. The second-order valence-corrected chi connectivity index (χ2v) is 7.36. The van der Waals surface area contributed by atoms with Crippen molar-refractivity contribution in [3.05, 3.63) is 28.9 Å². The number of carbonyl (C=O) groups excluding carboxylic acids is 1. The fourth-order valence-electron chi connectivity index (χ4n) is 1.20. The number of alkyl halides is 3. The molecule has 1 aromatic heterocycles. The first-order valence-electron chi connectivity index (χ1n) is 5.43. The Morgan fingerprint density at radius 3 is 2.37 bits per heavy atom. The molecular weight excluding hydrogens is 312 g/mol. The summed E-state index contributed by atoms with van der Waals surface area (Å²) >= 11 is 17.5. The van der Waals surface area contributed by atoms with E-state index in [1.54, 1.807) is 20.8 Å². The molecule has 19 heavy (non-hydrogen) atoms. The van der Waals surface area contributed by atoms with Crippen molar-refractivity contribution in [3.8, 4) is 0 Å². The van der Waals surface area contributed by atoms with Gasteiger partial charge in [-0.15, -0.1) is 0 Å². The van der Waals surface area contributed by atoms with Crippen LogP contribution in [0.2, 0.25) is 0 Å². The summed E-state index contributed by atoms with van der Waals surface area (Å²) in [6.45, 7) is 5.14. The second-order valence-electron chi connectivity index (χ2n) is 4.99. The molecule has 1 atom stereocenters. The largest absolute Gasteiger partial charge is 0.331 e. The van der Waals surface area contributed by atoms with Gasteiger partial charge in [-0.2, -0.15) is 0 Å². The molecule has 0 spiro atoms. The molecule has 1 amide bonds. The fourth-order valence-corrected chi connectivity index (χ4v) is 1.68. The molecule has 0 aromatic carbocycles. The van der Waals surface area contributed by atoms with E-state index >= 15 is 0 Å². The van der Waals surface area contributed by atoms with Crippen molar-refractivity contribution < 1.29 is 4.79 Å². The summed E-state index contributed by atoms with van der Waals surface area (Å²) in [7, 11) is 0. The summed E-state index contributed by atoms with van der Waals surface area (Å²) < 4.78 is -0.815. The normalized spacial score (nSPS) is 14.0. The van der Waals surface area contributed by atoms with Gasteiger partial charge in [0, 0.05) is 17.7 Å². The van der Waals surface area contributed by atoms with Crippen LogP contribution in [0.15, 0.2) is 23.4 Å². The van der Waals surface area contributed by atoms with Gasteiger partial charge in [-0.1, -0.05) is 55.6 Å². The van der Waals surface area contributed by atoms with Crippen LogP contribution >= 0.6 is 34.8 Å². The molecule has 0 radical (unpaired) electrons. The van der Waals surface area contributed by atoms with Gasteiger partial charge < -0.3 is 5.32 Å². The Morgan fingerprint density at radius 1 is 1.37 bits per heavy atom. The van der Waals surface area contributed by atoms with Crippen molar-refractivity contribution in [3.63, 3.8) is 0 Å². The monoisotopic (exact) mass is 325 g/mol. The van der Waals surface area contributed by atoms with Gasteiger partial charge in [-0.3, -0.25) is 14.2 Å². The first kappa shape index (κ1) is 16.3. The summed E-state index contributed by atoms with van der Waals surface area (Å²) in [5.74, 6) is -0.348. The van der Waals surface area contributed by atoms with E-state index in [0.717, 1.165) is 4.57 Å². The van der Waals surface area contributed by atoms with Crippen molar-refractivity contribution in [2.75, 3.05) is 0 Å². The van der Waals surface area contributed by atoms with Crippen LogP contribution in [0.1, 0.15) is 26.9 Å². The minimum absolute atomic E-state index is 0.348. The summed E-state index contributed by atoms with van der Waals surface area (Å²) in [6, 6.07) is 1.21. The predicted molar refractivity (Wildman–Crippen MR) is 75.4 cm³/mol. The van der Waals surface area contributed by atoms with Crippen LogP contribution in [-0.4, -0.2) is 19.3 Å². The third-order valence-electron chi connectivity index (χ3n) is 2.29. The molecule has 1 rings (SSSR count). The molecular formula is C11H14Cl3N3O2. The zero-order valence-corrected chi connectivity index (χ0v) is 12.9. The minimum Gasteiger partial charge on any atom is -0.331 e. The highest BCUT2D eigenvalue weighted by Gasteiger charge is 2.38. The van der Waals surface area contributed by atoms with Crippen molar-refractivity contribution >= 4 is 40.7 Å². The van der Waals surface area contributed by atoms with Gasteiger partial charge in [-0.05, 0) is 0 Å². The molecule has 0 aliphatic heterocycles. The first-order chi connectivity index (χ1) is 8.53. The Morgan fingerprint density at radius 2 is 1.95 bits per heavy atom. The molecule has 0 fully saturated rings. The van der Waals surface area contributed by atoms with Gasteiger partial charge in [-0.25, -0.2) is 4.98 Å². The number of nitrogens with one attached hydrogen (secondary N) is 1. The summed E-state index contributed by atoms with van der Waals surface area (Å²) in [6.07, 6.45) is 1.39. The third-order valence-corrected chi connectivity index (χ3v) is 2.91. The van der Waals surface area contributed by atoms with E-state index in [0.29, 0.717) is 0 Å². The summed E-state index contributed by atoms with van der Waals surface area (Å²) in [5.41, 5.74) is -1.11. The van der Waals surface area contributed by atoms with Crippen LogP contribution in [0.4, 0.5) is 0 Å². The quantitative estimate of drug-likeness (QED) is 0.848. The maximum Gasteiger partial charge on any atom is 0.255 e. The van der Waals surface area contributed by atoms with Crippen molar-refractivity contribution in [2.24, 2.45) is 5.41 Å². The van der Waals surface area contributed by atoms with Crippen molar-refractivity contribution in [1.82, 2.24) is 14.9 Å². The third kappa shape index (κ3) is 4.37. The number of carbonyl (C=O) groups is 1. The minimum atomic E-state index is -1.88. The lowest BCUT2D eigenvalue weighted by molar-refractivity contribution is -0.129. The van der Waals surface area contributed by atoms with Gasteiger partial charge in [0.2, 0.25) is 9.70 Å². The molecule has 5 nitrogen and oxygen atoms in total. The van der Waals surface area contributed by atoms with E-state index in [4.69, 9.17) is 34.8 Å². The number of hydrogen-bond acceptors (Lipinski definition) is 3. The average Bonchev–Trinajstić information content (AvgIpc) is 2.24. The lowest BCUT2D eigenvalue weighted by atomic mass is 9.95. The van der Waals surface area contributed by atoms with E-state index in [9.17, 15) is 9.59 Å². The van der Waals surface area contributed by atoms with Crippen LogP contribution in [0.25, 0.3) is 0 Å². The Hall–Kier alpha value is -0.780. The Kier molecular flexibility index (Phi) is 4.87. The van der Waals surface area contributed by atoms with E-state index in [1.165, 1.54) is 18.6 Å². The molecule has 0 unspecified atom stereocenters. The number of halogens is 3. The highest BCUT2D eigenvalue weighted by Crippen LogP contribution is 2.36. The van der Waals surface area contributed by atoms with Crippen LogP contribution in [-0.2, 0) is 4.79 Å². The van der Waals surface area contributed by atoms with Gasteiger partial charge >= 0.3 is 0 Å². The molecule has 1 heterocycles. The zero-order chi connectivity index (χ0) is 14.8. The van der Waals surface area contributed by atoms with Gasteiger partial charge in [0.1, 0.15) is 0 Å². The standard InChI is InChI=1S/C11H14Cl3N3O2/c1-10(2,3)9(19)16-8(11(12,13)14)17-6-15-5-4-7(17)18/h4-6,8H,1-3H3,(H,16,19)/t8-/m1/s1. The number of rotatable bonds is 2. The molecule has 0 saturated heterocycles. The molecule has 0 saturated carbocycles. The summed E-state index contributed by atoms with van der Waals surface area (Å²) in [5, 5.41) is 2.54. The van der Waals surface area contributed by atoms with Gasteiger partial charge in [0.15, 0.2) is 6.17 Å². The fraction of sp³-hybridized carbons (Fsp3) is 0.545. The highest BCUT2D eigenvalue weighted by atomic mass is 35.6. The molecule has 0 bridgehead atoms. The maximum atomic E-state index is 12.0. The second kappa shape index (κ2) is 5.69.